The van der Waals surface area contributed by atoms with Crippen molar-refractivity contribution in [1.82, 2.24) is 10.2 Å². The molecule has 0 aromatic heterocycles. The highest BCUT2D eigenvalue weighted by Crippen LogP contribution is 2.26. The Bertz CT molecular complexity index is 206. The quantitative estimate of drug-likeness (QED) is 0.788. The van der Waals surface area contributed by atoms with Crippen molar-refractivity contribution in [1.29, 1.82) is 0 Å². The molecule has 1 aliphatic heterocycles. The molecule has 0 atom stereocenters. The lowest BCUT2D eigenvalue weighted by Gasteiger charge is -2.43. The molecule has 1 heterocycles. The van der Waals surface area contributed by atoms with Gasteiger partial charge >= 0.3 is 0 Å². The predicted octanol–water partition coefficient (Wildman–Crippen LogP) is 1.63. The molecule has 3 nitrogen and oxygen atoms in total. The largest absolute Gasteiger partial charge is 0.381 e. The Morgan fingerprint density at radius 3 is 2.38 bits per heavy atom. The van der Waals surface area contributed by atoms with Crippen LogP contribution in [0.5, 0.6) is 0 Å². The fraction of sp³-hybridized carbons (Fsp3) is 1.00. The average Bonchev–Trinajstić information content (AvgIpc) is 2.80. The van der Waals surface area contributed by atoms with Gasteiger partial charge < -0.3 is 15.0 Å². The molecule has 2 fully saturated rings. The van der Waals surface area contributed by atoms with Gasteiger partial charge in [-0.15, -0.1) is 0 Å². The summed E-state index contributed by atoms with van der Waals surface area (Å²) < 4.78 is 5.49. The Morgan fingerprint density at radius 2 is 1.81 bits per heavy atom. The van der Waals surface area contributed by atoms with Gasteiger partial charge in [0.25, 0.3) is 0 Å². The Kier molecular flexibility index (Phi) is 4.22. The van der Waals surface area contributed by atoms with Gasteiger partial charge in [0.05, 0.1) is 0 Å². The van der Waals surface area contributed by atoms with Crippen LogP contribution in [-0.4, -0.2) is 50.3 Å². The van der Waals surface area contributed by atoms with E-state index in [4.69, 9.17) is 4.74 Å². The van der Waals surface area contributed by atoms with Crippen molar-refractivity contribution in [3.8, 4) is 0 Å². The van der Waals surface area contributed by atoms with Gasteiger partial charge in [0.15, 0.2) is 0 Å². The summed E-state index contributed by atoms with van der Waals surface area (Å²) in [4.78, 5) is 2.40. The molecule has 1 N–H and O–H groups in total. The molecule has 2 aliphatic rings. The average molecular weight is 226 g/mol. The lowest BCUT2D eigenvalue weighted by molar-refractivity contribution is -0.00817. The van der Waals surface area contributed by atoms with Gasteiger partial charge in [0, 0.05) is 31.3 Å². The van der Waals surface area contributed by atoms with Gasteiger partial charge in [-0.2, -0.15) is 0 Å². The van der Waals surface area contributed by atoms with Gasteiger partial charge in [-0.05, 0) is 39.8 Å². The molecule has 3 heteroatoms. The van der Waals surface area contributed by atoms with Gasteiger partial charge in [-0.1, -0.05) is 12.8 Å². The fourth-order valence-electron chi connectivity index (χ4n) is 3.00. The highest BCUT2D eigenvalue weighted by Gasteiger charge is 2.35. The number of hydrogen-bond donors (Lipinski definition) is 1. The van der Waals surface area contributed by atoms with Crippen molar-refractivity contribution in [2.45, 2.75) is 50.1 Å². The number of ether oxygens (including phenoxy) is 1. The first-order chi connectivity index (χ1) is 7.73. The summed E-state index contributed by atoms with van der Waals surface area (Å²) in [6.45, 7) is 2.98. The third kappa shape index (κ3) is 2.76. The summed E-state index contributed by atoms with van der Waals surface area (Å²) >= 11 is 0. The van der Waals surface area contributed by atoms with Crippen molar-refractivity contribution in [3.05, 3.63) is 0 Å². The number of nitrogens with zero attached hydrogens (tertiary/aromatic N) is 1. The molecule has 0 spiro atoms. The second-order valence-corrected chi connectivity index (χ2v) is 5.59. The van der Waals surface area contributed by atoms with E-state index in [2.05, 4.69) is 24.3 Å². The summed E-state index contributed by atoms with van der Waals surface area (Å²) in [6, 6.07) is 0.777. The van der Waals surface area contributed by atoms with Crippen molar-refractivity contribution >= 4 is 0 Å². The zero-order valence-electron chi connectivity index (χ0n) is 10.8. The number of nitrogens with one attached hydrogen (secondary N) is 1. The molecule has 2 rings (SSSR count). The highest BCUT2D eigenvalue weighted by atomic mass is 16.5. The minimum absolute atomic E-state index is 0.334. The van der Waals surface area contributed by atoms with E-state index in [-0.39, 0.29) is 0 Å². The maximum atomic E-state index is 5.49. The first-order valence-corrected chi connectivity index (χ1v) is 6.71. The molecule has 0 amide bonds. The normalized spacial score (nSPS) is 26.4. The van der Waals surface area contributed by atoms with Crippen LogP contribution in [0, 0.1) is 0 Å². The molecule has 94 valence electrons. The maximum Gasteiger partial charge on any atom is 0.0484 e. The van der Waals surface area contributed by atoms with Crippen LogP contribution in [0.1, 0.15) is 38.5 Å². The molecule has 16 heavy (non-hydrogen) atoms. The van der Waals surface area contributed by atoms with E-state index in [0.29, 0.717) is 5.54 Å². The summed E-state index contributed by atoms with van der Waals surface area (Å²) in [5.41, 5.74) is 0.334. The topological polar surface area (TPSA) is 24.5 Å². The fourth-order valence-corrected chi connectivity index (χ4v) is 3.00. The van der Waals surface area contributed by atoms with Crippen LogP contribution in [0.15, 0.2) is 0 Å². The molecule has 1 saturated carbocycles. The summed E-state index contributed by atoms with van der Waals surface area (Å²) in [5.74, 6) is 0. The van der Waals surface area contributed by atoms with Crippen LogP contribution in [0.2, 0.25) is 0 Å². The van der Waals surface area contributed by atoms with Crippen LogP contribution in [0.3, 0.4) is 0 Å². The van der Waals surface area contributed by atoms with Crippen molar-refractivity contribution in [2.75, 3.05) is 33.9 Å². The summed E-state index contributed by atoms with van der Waals surface area (Å²) in [5, 5.41) is 3.78. The summed E-state index contributed by atoms with van der Waals surface area (Å²) in [6.07, 6.45) is 7.91. The second-order valence-electron chi connectivity index (χ2n) is 5.59. The van der Waals surface area contributed by atoms with E-state index in [1.165, 1.54) is 38.5 Å². The molecule has 0 bridgehead atoms. The minimum atomic E-state index is 0.334. The molecular formula is C13H26N2O. The van der Waals surface area contributed by atoms with Crippen molar-refractivity contribution in [3.63, 3.8) is 0 Å². The lowest BCUT2D eigenvalue weighted by Crippen LogP contribution is -2.56. The number of rotatable bonds is 4. The number of likely N-dealkylation sites (N-methyl/N-ethyl adjacent to an activating group) is 1. The van der Waals surface area contributed by atoms with E-state index in [0.717, 1.165) is 25.8 Å². The van der Waals surface area contributed by atoms with E-state index < -0.39 is 0 Å². The van der Waals surface area contributed by atoms with E-state index in [9.17, 15) is 0 Å². The molecule has 1 saturated heterocycles. The van der Waals surface area contributed by atoms with Crippen LogP contribution in [0.4, 0.5) is 0 Å². The Morgan fingerprint density at radius 1 is 1.19 bits per heavy atom. The Hall–Kier alpha value is -0.120. The zero-order chi connectivity index (χ0) is 11.4. The van der Waals surface area contributed by atoms with Crippen LogP contribution in [-0.2, 0) is 4.74 Å². The smallest absolute Gasteiger partial charge is 0.0484 e. The van der Waals surface area contributed by atoms with Gasteiger partial charge in [-0.25, -0.2) is 0 Å². The third-order valence-electron chi connectivity index (χ3n) is 4.45. The van der Waals surface area contributed by atoms with E-state index in [1.54, 1.807) is 0 Å². The lowest BCUT2D eigenvalue weighted by atomic mass is 9.88. The Labute approximate surface area is 99.5 Å². The van der Waals surface area contributed by atoms with Crippen LogP contribution in [0.25, 0.3) is 0 Å². The van der Waals surface area contributed by atoms with Crippen molar-refractivity contribution in [2.24, 2.45) is 0 Å². The molecule has 0 radical (unpaired) electrons. The van der Waals surface area contributed by atoms with Crippen LogP contribution >= 0.6 is 0 Å². The standard InChI is InChI=1S/C13H26N2O/c1-15(2)13(7-9-16-10-8-13)11-14-12-5-3-4-6-12/h12,14H,3-11H2,1-2H3. The Balaban J connectivity index is 1.86. The van der Waals surface area contributed by atoms with Gasteiger partial charge in [-0.3, -0.25) is 0 Å². The maximum absolute atomic E-state index is 5.49. The minimum Gasteiger partial charge on any atom is -0.381 e. The van der Waals surface area contributed by atoms with Crippen LogP contribution < -0.4 is 5.32 Å². The van der Waals surface area contributed by atoms with E-state index in [1.807, 2.05) is 0 Å². The molecular weight excluding hydrogens is 200 g/mol. The molecule has 0 unspecified atom stereocenters. The SMILES string of the molecule is CN(C)C1(CNC2CCCC2)CCOCC1. The monoisotopic (exact) mass is 226 g/mol. The van der Waals surface area contributed by atoms with Gasteiger partial charge in [0.2, 0.25) is 0 Å². The molecule has 0 aromatic rings. The third-order valence-corrected chi connectivity index (χ3v) is 4.45. The predicted molar refractivity (Wildman–Crippen MR) is 66.7 cm³/mol. The van der Waals surface area contributed by atoms with Gasteiger partial charge in [0.1, 0.15) is 0 Å². The molecule has 0 aromatic carbocycles. The number of hydrogen-bond acceptors (Lipinski definition) is 3. The first-order valence-electron chi connectivity index (χ1n) is 6.71. The van der Waals surface area contributed by atoms with E-state index >= 15 is 0 Å². The molecule has 1 aliphatic carbocycles. The second kappa shape index (κ2) is 5.48. The zero-order valence-corrected chi connectivity index (χ0v) is 10.8. The summed E-state index contributed by atoms with van der Waals surface area (Å²) in [7, 11) is 4.42. The highest BCUT2D eigenvalue weighted by molar-refractivity contribution is 4.93. The van der Waals surface area contributed by atoms with Crippen molar-refractivity contribution < 1.29 is 4.74 Å². The first kappa shape index (κ1) is 12.3.